The molecule has 1 amide bonds. The molecule has 0 spiro atoms. The van der Waals surface area contributed by atoms with E-state index in [-0.39, 0.29) is 12.0 Å². The summed E-state index contributed by atoms with van der Waals surface area (Å²) in [5.74, 6) is 0.290. The van der Waals surface area contributed by atoms with Crippen molar-refractivity contribution in [3.8, 4) is 5.75 Å². The summed E-state index contributed by atoms with van der Waals surface area (Å²) in [5, 5.41) is 2.54. The number of carbonyl (C=O) groups excluding carboxylic acids is 1. The smallest absolute Gasteiger partial charge is 0.273 e. The number of carbonyl (C=O) groups is 1. The Morgan fingerprint density at radius 2 is 2.44 bits per heavy atom. The minimum atomic E-state index is -0.244. The predicted molar refractivity (Wildman–Crippen MR) is 59.2 cm³/mol. The molecule has 1 fully saturated rings. The Balaban J connectivity index is 2.36. The number of nitrogens with two attached hydrogens (primary N) is 1. The highest BCUT2D eigenvalue weighted by atomic mass is 16.5. The lowest BCUT2D eigenvalue weighted by Gasteiger charge is -2.12. The number of aromatic nitrogens is 1. The van der Waals surface area contributed by atoms with Gasteiger partial charge in [0.2, 0.25) is 0 Å². The lowest BCUT2D eigenvalue weighted by molar-refractivity contribution is 0.0953. The zero-order chi connectivity index (χ0) is 11.5. The van der Waals surface area contributed by atoms with Gasteiger partial charge in [-0.15, -0.1) is 0 Å². The number of hydrogen-bond acceptors (Lipinski definition) is 4. The Kier molecular flexibility index (Phi) is 3.05. The second-order valence-electron chi connectivity index (χ2n) is 3.75. The monoisotopic (exact) mass is 221 g/mol. The Morgan fingerprint density at radius 1 is 1.69 bits per heavy atom. The fourth-order valence-corrected chi connectivity index (χ4v) is 1.41. The quantitative estimate of drug-likeness (QED) is 0.773. The van der Waals surface area contributed by atoms with Gasteiger partial charge in [-0.3, -0.25) is 4.79 Å². The number of pyridine rings is 1. The molecular weight excluding hydrogens is 206 g/mol. The maximum Gasteiger partial charge on any atom is 0.273 e. The molecule has 1 saturated carbocycles. The van der Waals surface area contributed by atoms with Crippen molar-refractivity contribution in [2.75, 3.05) is 7.05 Å². The summed E-state index contributed by atoms with van der Waals surface area (Å²) in [7, 11) is 1.57. The highest BCUT2D eigenvalue weighted by Crippen LogP contribution is 2.30. The summed E-state index contributed by atoms with van der Waals surface area (Å²) in [6, 6.07) is 1.78. The zero-order valence-corrected chi connectivity index (χ0v) is 9.19. The molecular formula is C11H15N3O2. The van der Waals surface area contributed by atoms with Crippen LogP contribution >= 0.6 is 0 Å². The van der Waals surface area contributed by atoms with Crippen LogP contribution in [0.1, 0.15) is 28.9 Å². The van der Waals surface area contributed by atoms with Crippen LogP contribution in [0.4, 0.5) is 0 Å². The Hall–Kier alpha value is -1.62. The Labute approximate surface area is 94.0 Å². The lowest BCUT2D eigenvalue weighted by atomic mass is 10.2. The van der Waals surface area contributed by atoms with Gasteiger partial charge in [-0.1, -0.05) is 0 Å². The second-order valence-corrected chi connectivity index (χ2v) is 3.75. The highest BCUT2D eigenvalue weighted by molar-refractivity contribution is 5.95. The van der Waals surface area contributed by atoms with Gasteiger partial charge >= 0.3 is 0 Å². The van der Waals surface area contributed by atoms with Gasteiger partial charge in [0.15, 0.2) is 11.4 Å². The summed E-state index contributed by atoms with van der Waals surface area (Å²) in [6.45, 7) is 0.342. The number of rotatable bonds is 4. The number of nitrogens with zero attached hydrogens (tertiary/aromatic N) is 1. The van der Waals surface area contributed by atoms with Crippen LogP contribution in [-0.4, -0.2) is 24.0 Å². The summed E-state index contributed by atoms with van der Waals surface area (Å²) < 4.78 is 5.70. The molecule has 0 atom stereocenters. The van der Waals surface area contributed by atoms with E-state index >= 15 is 0 Å². The number of ether oxygens (including phenoxy) is 1. The van der Waals surface area contributed by atoms with Gasteiger partial charge in [-0.2, -0.15) is 0 Å². The molecule has 3 N–H and O–H groups in total. The van der Waals surface area contributed by atoms with Crippen LogP contribution in [0.2, 0.25) is 0 Å². The molecule has 1 aromatic rings. The van der Waals surface area contributed by atoms with Crippen LogP contribution in [0.25, 0.3) is 0 Å². The van der Waals surface area contributed by atoms with Crippen LogP contribution in [0, 0.1) is 0 Å². The first kappa shape index (κ1) is 10.9. The summed E-state index contributed by atoms with van der Waals surface area (Å²) in [5.41, 5.74) is 6.75. The molecule has 2 rings (SSSR count). The average Bonchev–Trinajstić information content (AvgIpc) is 3.12. The van der Waals surface area contributed by atoms with E-state index in [1.807, 2.05) is 0 Å². The van der Waals surface area contributed by atoms with Crippen molar-refractivity contribution in [2.45, 2.75) is 25.5 Å². The average molecular weight is 221 g/mol. The molecule has 1 aliphatic carbocycles. The van der Waals surface area contributed by atoms with Gasteiger partial charge < -0.3 is 15.8 Å². The number of amides is 1. The van der Waals surface area contributed by atoms with Gasteiger partial charge in [-0.05, 0) is 18.9 Å². The van der Waals surface area contributed by atoms with Crippen molar-refractivity contribution in [1.82, 2.24) is 10.3 Å². The lowest BCUT2D eigenvalue weighted by Crippen LogP contribution is -2.21. The molecule has 86 valence electrons. The van der Waals surface area contributed by atoms with E-state index in [1.54, 1.807) is 19.3 Å². The molecule has 1 heterocycles. The molecule has 0 saturated heterocycles. The van der Waals surface area contributed by atoms with Gasteiger partial charge in [0.25, 0.3) is 5.91 Å². The largest absolute Gasteiger partial charge is 0.488 e. The zero-order valence-electron chi connectivity index (χ0n) is 9.19. The molecule has 0 radical (unpaired) electrons. The van der Waals surface area contributed by atoms with Gasteiger partial charge in [0, 0.05) is 25.4 Å². The minimum absolute atomic E-state index is 0.220. The maximum atomic E-state index is 11.6. The van der Waals surface area contributed by atoms with E-state index in [2.05, 4.69) is 10.3 Å². The van der Waals surface area contributed by atoms with Gasteiger partial charge in [-0.25, -0.2) is 4.98 Å². The third-order valence-corrected chi connectivity index (χ3v) is 2.46. The predicted octanol–water partition coefficient (Wildman–Crippen LogP) is 0.441. The van der Waals surface area contributed by atoms with E-state index in [9.17, 15) is 4.79 Å². The van der Waals surface area contributed by atoms with Crippen molar-refractivity contribution in [2.24, 2.45) is 5.73 Å². The third kappa shape index (κ3) is 2.14. The topological polar surface area (TPSA) is 77.2 Å². The molecule has 1 aliphatic rings. The molecule has 0 aliphatic heterocycles. The summed E-state index contributed by atoms with van der Waals surface area (Å²) in [6.07, 6.45) is 3.86. The molecule has 0 aromatic carbocycles. The molecule has 1 aromatic heterocycles. The van der Waals surface area contributed by atoms with E-state index in [0.29, 0.717) is 18.0 Å². The van der Waals surface area contributed by atoms with E-state index in [4.69, 9.17) is 10.5 Å². The van der Waals surface area contributed by atoms with Crippen LogP contribution in [0.5, 0.6) is 5.75 Å². The van der Waals surface area contributed by atoms with Crippen molar-refractivity contribution < 1.29 is 9.53 Å². The first-order valence-electron chi connectivity index (χ1n) is 5.33. The molecule has 5 nitrogen and oxygen atoms in total. The first-order valence-corrected chi connectivity index (χ1v) is 5.33. The minimum Gasteiger partial charge on any atom is -0.488 e. The van der Waals surface area contributed by atoms with Crippen LogP contribution in [0.15, 0.2) is 12.3 Å². The Bertz CT molecular complexity index is 402. The third-order valence-electron chi connectivity index (χ3n) is 2.46. The number of nitrogens with one attached hydrogen (secondary N) is 1. The number of hydrogen-bond donors (Lipinski definition) is 2. The SMILES string of the molecule is CNC(=O)c1nccc(CN)c1OC1CC1. The fourth-order valence-electron chi connectivity index (χ4n) is 1.41. The Morgan fingerprint density at radius 3 is 3.00 bits per heavy atom. The summed E-state index contributed by atoms with van der Waals surface area (Å²) >= 11 is 0. The molecule has 16 heavy (non-hydrogen) atoms. The first-order chi connectivity index (χ1) is 7.76. The van der Waals surface area contributed by atoms with Crippen molar-refractivity contribution >= 4 is 5.91 Å². The molecule has 5 heteroatoms. The van der Waals surface area contributed by atoms with Crippen LogP contribution < -0.4 is 15.8 Å². The van der Waals surface area contributed by atoms with Crippen LogP contribution in [0.3, 0.4) is 0 Å². The van der Waals surface area contributed by atoms with E-state index < -0.39 is 0 Å². The van der Waals surface area contributed by atoms with Crippen molar-refractivity contribution in [3.05, 3.63) is 23.5 Å². The standard InChI is InChI=1S/C11H15N3O2/c1-13-11(15)9-10(16-8-2-3-8)7(6-12)4-5-14-9/h4-5,8H,2-3,6,12H2,1H3,(H,13,15). The maximum absolute atomic E-state index is 11.6. The molecule has 0 bridgehead atoms. The summed E-state index contributed by atoms with van der Waals surface area (Å²) in [4.78, 5) is 15.7. The normalized spacial score (nSPS) is 14.6. The van der Waals surface area contributed by atoms with Crippen LogP contribution in [-0.2, 0) is 6.54 Å². The van der Waals surface area contributed by atoms with E-state index in [1.165, 1.54) is 0 Å². The van der Waals surface area contributed by atoms with Gasteiger partial charge in [0.05, 0.1) is 6.10 Å². The van der Waals surface area contributed by atoms with Gasteiger partial charge in [0.1, 0.15) is 0 Å². The molecule has 0 unspecified atom stereocenters. The second kappa shape index (κ2) is 4.49. The fraction of sp³-hybridized carbons (Fsp3) is 0.455. The van der Waals surface area contributed by atoms with Crippen molar-refractivity contribution in [1.29, 1.82) is 0 Å². The van der Waals surface area contributed by atoms with E-state index in [0.717, 1.165) is 18.4 Å². The van der Waals surface area contributed by atoms with Crippen molar-refractivity contribution in [3.63, 3.8) is 0 Å². The highest BCUT2D eigenvalue weighted by Gasteiger charge is 2.27.